The highest BCUT2D eigenvalue weighted by Crippen LogP contribution is 2.67. The third-order valence-electron chi connectivity index (χ3n) is 21.9. The molecule has 0 saturated heterocycles. The summed E-state index contributed by atoms with van der Waals surface area (Å²) in [7, 11) is 0. The molecule has 0 radical (unpaired) electrons. The van der Waals surface area contributed by atoms with Crippen molar-refractivity contribution in [3.8, 4) is 22.3 Å². The second-order valence-electron chi connectivity index (χ2n) is 30.1. The summed E-state index contributed by atoms with van der Waals surface area (Å²) in [5, 5.41) is 0. The van der Waals surface area contributed by atoms with E-state index in [0.717, 1.165) is 12.8 Å². The maximum absolute atomic E-state index is 2.73. The first-order valence-electron chi connectivity index (χ1n) is 30.5. The molecule has 2 unspecified atom stereocenters. The number of benzene rings is 8. The molecular weight excluding hydrogens is 964 g/mol. The number of rotatable bonds is 4. The molecule has 0 aromatic heterocycles. The zero-order valence-corrected chi connectivity index (χ0v) is 50.7. The van der Waals surface area contributed by atoms with Crippen LogP contribution in [0.3, 0.4) is 0 Å². The SMILES string of the molecule is Cc1cc2c3c(c1)N(c1ccc(C(C)(C)C)cc1-c1ccccc1)c1cc4c(cc1B3c1ccc(C3c5ccc(C(C)(C)C)cc5C5(C)CCCC[C@@]35C)cc1N2c1ccc2c(c1)C(C)(C)c1ccccc1-2)C(C)(C)CCC4(C)C. The lowest BCUT2D eigenvalue weighted by Gasteiger charge is -2.49. The molecule has 404 valence electrons. The van der Waals surface area contributed by atoms with Gasteiger partial charge in [0.15, 0.2) is 0 Å². The molecule has 3 heteroatoms. The highest BCUT2D eigenvalue weighted by molar-refractivity contribution is 7.00. The Bertz CT molecular complexity index is 3910. The molecule has 0 amide bonds. The van der Waals surface area contributed by atoms with Crippen LogP contribution in [-0.4, -0.2) is 6.71 Å². The largest absolute Gasteiger partial charge is 0.311 e. The molecule has 80 heavy (non-hydrogen) atoms. The van der Waals surface area contributed by atoms with E-state index in [4.69, 9.17) is 0 Å². The van der Waals surface area contributed by atoms with Crippen LogP contribution in [-0.2, 0) is 32.5 Å². The molecule has 6 aliphatic rings. The lowest BCUT2D eigenvalue weighted by molar-refractivity contribution is 0.0923. The van der Waals surface area contributed by atoms with Crippen molar-refractivity contribution >= 4 is 57.2 Å². The molecule has 14 rings (SSSR count). The van der Waals surface area contributed by atoms with Gasteiger partial charge >= 0.3 is 0 Å². The Labute approximate surface area is 480 Å². The Morgan fingerprint density at radius 1 is 0.450 bits per heavy atom. The minimum Gasteiger partial charge on any atom is -0.311 e. The van der Waals surface area contributed by atoms with E-state index in [2.05, 4.69) is 265 Å². The van der Waals surface area contributed by atoms with Crippen LogP contribution in [0.1, 0.15) is 197 Å². The summed E-state index contributed by atoms with van der Waals surface area (Å²) in [6.07, 6.45) is 7.35. The summed E-state index contributed by atoms with van der Waals surface area (Å²) in [4.78, 5) is 5.45. The number of fused-ring (bicyclic) bond motifs is 11. The van der Waals surface area contributed by atoms with E-state index in [-0.39, 0.29) is 50.5 Å². The molecule has 8 aromatic rings. The fraction of sp³-hybridized carbons (Fsp3) is 0.377. The summed E-state index contributed by atoms with van der Waals surface area (Å²) >= 11 is 0. The topological polar surface area (TPSA) is 6.48 Å². The molecule has 3 atom stereocenters. The van der Waals surface area contributed by atoms with Crippen molar-refractivity contribution in [2.24, 2.45) is 5.41 Å². The molecular formula is C77H83BN2. The number of hydrogen-bond donors (Lipinski definition) is 0. The van der Waals surface area contributed by atoms with Crippen LogP contribution < -0.4 is 26.2 Å². The molecule has 0 bridgehead atoms. The minimum atomic E-state index is -0.154. The van der Waals surface area contributed by atoms with Crippen molar-refractivity contribution in [3.05, 3.63) is 207 Å². The van der Waals surface area contributed by atoms with Gasteiger partial charge in [-0.1, -0.05) is 213 Å². The van der Waals surface area contributed by atoms with E-state index in [9.17, 15) is 0 Å². The van der Waals surface area contributed by atoms with Crippen LogP contribution in [0.15, 0.2) is 152 Å². The van der Waals surface area contributed by atoms with E-state index in [1.165, 1.54) is 143 Å². The van der Waals surface area contributed by atoms with E-state index >= 15 is 0 Å². The molecule has 4 aliphatic carbocycles. The quantitative estimate of drug-likeness (QED) is 0.162. The monoisotopic (exact) mass is 1050 g/mol. The van der Waals surface area contributed by atoms with Gasteiger partial charge in [-0.2, -0.15) is 0 Å². The molecule has 0 N–H and O–H groups in total. The predicted molar refractivity (Wildman–Crippen MR) is 343 cm³/mol. The van der Waals surface area contributed by atoms with Gasteiger partial charge in [-0.25, -0.2) is 0 Å². The van der Waals surface area contributed by atoms with Crippen molar-refractivity contribution < 1.29 is 0 Å². The van der Waals surface area contributed by atoms with Crippen LogP contribution in [0.25, 0.3) is 22.3 Å². The molecule has 2 nitrogen and oxygen atoms in total. The third-order valence-corrected chi connectivity index (χ3v) is 21.9. The van der Waals surface area contributed by atoms with Crippen LogP contribution in [0.4, 0.5) is 34.1 Å². The first-order valence-corrected chi connectivity index (χ1v) is 30.5. The molecule has 1 saturated carbocycles. The second kappa shape index (κ2) is 17.0. The smallest absolute Gasteiger partial charge is 0.252 e. The number of nitrogens with zero attached hydrogens (tertiary/aromatic N) is 2. The van der Waals surface area contributed by atoms with Crippen molar-refractivity contribution in [2.75, 3.05) is 9.80 Å². The number of anilines is 6. The Morgan fingerprint density at radius 2 is 1.07 bits per heavy atom. The molecule has 2 heterocycles. The summed E-state index contributed by atoms with van der Waals surface area (Å²) < 4.78 is 0. The standard InChI is InChI=1S/C77H83BN2/c1-47-39-67-70-68(40-47)80(64-34-29-50(71(2,3)4)42-56(64)48-23-17-16-18-24-48)66-46-61-60(73(8,9)37-38-74(61,10)11)45-63(66)78(70)62-33-27-49(69-55-31-28-51(72(5,6)7)43-59(55)76(14)35-21-22-36-77(69,76)15)41-65(62)79(67)52-30-32-54-53-25-19-20-26-57(53)75(12,13)58(54)44-52/h16-20,23-34,39-46,69H,21-22,35-38H2,1-15H3/t69?,76?,77-/m0/s1. The highest BCUT2D eigenvalue weighted by atomic mass is 15.2. The number of hydrogen-bond acceptors (Lipinski definition) is 2. The van der Waals surface area contributed by atoms with Gasteiger partial charge in [-0.3, -0.25) is 0 Å². The Balaban J connectivity index is 1.08. The average molecular weight is 1050 g/mol. The zero-order valence-electron chi connectivity index (χ0n) is 50.7. The zero-order chi connectivity index (χ0) is 56.0. The third kappa shape index (κ3) is 7.23. The maximum atomic E-state index is 2.73. The normalized spacial score (nSPS) is 22.3. The van der Waals surface area contributed by atoms with Crippen LogP contribution >= 0.6 is 0 Å². The van der Waals surface area contributed by atoms with Gasteiger partial charge in [0, 0.05) is 45.3 Å². The summed E-state index contributed by atoms with van der Waals surface area (Å²) in [5.74, 6) is 0.267. The summed E-state index contributed by atoms with van der Waals surface area (Å²) in [6, 6.07) is 61.3. The van der Waals surface area contributed by atoms with Crippen molar-refractivity contribution in [1.82, 2.24) is 0 Å². The summed E-state index contributed by atoms with van der Waals surface area (Å²) in [5.41, 5.74) is 31.7. The van der Waals surface area contributed by atoms with Gasteiger partial charge in [0.05, 0.1) is 5.69 Å². The maximum Gasteiger partial charge on any atom is 0.252 e. The van der Waals surface area contributed by atoms with E-state index < -0.39 is 0 Å². The highest BCUT2D eigenvalue weighted by Gasteiger charge is 2.59. The molecule has 0 spiro atoms. The van der Waals surface area contributed by atoms with Crippen molar-refractivity contribution in [2.45, 2.75) is 181 Å². The van der Waals surface area contributed by atoms with Crippen molar-refractivity contribution in [3.63, 3.8) is 0 Å². The second-order valence-corrected chi connectivity index (χ2v) is 30.1. The first kappa shape index (κ1) is 51.6. The van der Waals surface area contributed by atoms with Crippen LogP contribution in [0, 0.1) is 12.3 Å². The Hall–Kier alpha value is -6.58. The van der Waals surface area contributed by atoms with Crippen molar-refractivity contribution in [1.29, 1.82) is 0 Å². The Kier molecular flexibility index (Phi) is 11.0. The fourth-order valence-corrected chi connectivity index (χ4v) is 16.9. The molecule has 8 aromatic carbocycles. The lowest BCUT2D eigenvalue weighted by atomic mass is 9.33. The van der Waals surface area contributed by atoms with E-state index in [0.29, 0.717) is 0 Å². The summed E-state index contributed by atoms with van der Waals surface area (Å²) in [6.45, 7) is 36.8. The first-order chi connectivity index (χ1) is 37.8. The fourth-order valence-electron chi connectivity index (χ4n) is 16.9. The average Bonchev–Trinajstić information content (AvgIpc) is 3.98. The van der Waals surface area contributed by atoms with E-state index in [1.54, 1.807) is 11.1 Å². The van der Waals surface area contributed by atoms with Gasteiger partial charge in [-0.05, 0) is 202 Å². The minimum absolute atomic E-state index is 0.00294. The Morgan fingerprint density at radius 3 is 1.80 bits per heavy atom. The molecule has 2 aliphatic heterocycles. The van der Waals surface area contributed by atoms with Gasteiger partial charge < -0.3 is 9.80 Å². The molecule has 1 fully saturated rings. The van der Waals surface area contributed by atoms with Gasteiger partial charge in [0.25, 0.3) is 6.71 Å². The lowest BCUT2D eigenvalue weighted by Crippen LogP contribution is -2.62. The van der Waals surface area contributed by atoms with Gasteiger partial charge in [-0.15, -0.1) is 0 Å². The van der Waals surface area contributed by atoms with Gasteiger partial charge in [0.1, 0.15) is 0 Å². The van der Waals surface area contributed by atoms with Gasteiger partial charge in [0.2, 0.25) is 0 Å². The van der Waals surface area contributed by atoms with Crippen LogP contribution in [0.5, 0.6) is 0 Å². The van der Waals surface area contributed by atoms with Crippen LogP contribution in [0.2, 0.25) is 0 Å². The number of aryl methyl sites for hydroxylation is 1. The predicted octanol–water partition coefficient (Wildman–Crippen LogP) is 19.0. The van der Waals surface area contributed by atoms with E-state index in [1.807, 2.05) is 0 Å².